The van der Waals surface area contributed by atoms with E-state index in [1.165, 1.54) is 0 Å². The number of hydrogen-bond donors (Lipinski definition) is 1. The van der Waals surface area contributed by atoms with Crippen LogP contribution >= 0.6 is 11.3 Å². The molecule has 1 aromatic heterocycles. The van der Waals surface area contributed by atoms with Crippen LogP contribution in [0.1, 0.15) is 42.4 Å². The Morgan fingerprint density at radius 3 is 2.48 bits per heavy atom. The molecular formula is C25H26N2O4S2. The molecular weight excluding hydrogens is 456 g/mol. The molecule has 1 aliphatic carbocycles. The van der Waals surface area contributed by atoms with Crippen LogP contribution in [0.2, 0.25) is 0 Å². The van der Waals surface area contributed by atoms with Gasteiger partial charge in [0, 0.05) is 11.0 Å². The molecule has 0 bridgehead atoms. The van der Waals surface area contributed by atoms with Crippen molar-refractivity contribution in [2.75, 3.05) is 11.1 Å². The monoisotopic (exact) mass is 482 g/mol. The summed E-state index contributed by atoms with van der Waals surface area (Å²) in [7, 11) is -3.86. The number of rotatable bonds is 6. The van der Waals surface area contributed by atoms with Crippen molar-refractivity contribution in [2.45, 2.75) is 31.5 Å². The number of anilines is 1. The minimum atomic E-state index is -3.86. The van der Waals surface area contributed by atoms with Crippen LogP contribution in [0, 0.1) is 5.41 Å². The topological polar surface area (TPSA) is 93.2 Å². The summed E-state index contributed by atoms with van der Waals surface area (Å²) in [5.74, 6) is -1.06. The first-order valence-electron chi connectivity index (χ1n) is 10.4. The molecule has 1 aliphatic rings. The van der Waals surface area contributed by atoms with Crippen LogP contribution in [0.3, 0.4) is 0 Å². The lowest BCUT2D eigenvalue weighted by atomic mass is 9.96. The number of allylic oxidation sites excluding steroid dienone is 7. The number of sulfone groups is 1. The normalized spacial score (nSPS) is 17.7. The molecule has 33 heavy (non-hydrogen) atoms. The van der Waals surface area contributed by atoms with Crippen LogP contribution in [-0.4, -0.2) is 30.8 Å². The lowest BCUT2D eigenvalue weighted by Gasteiger charge is -2.17. The SMILES string of the molecule is CC(C)(C)C(=O)Nc1nc(S(=O)(=O)C/C2=C/C=C\C=C/CC=C2)sc1C(=O)c1ccccc1. The maximum absolute atomic E-state index is 13.2. The number of nitrogens with one attached hydrogen (secondary N) is 1. The third kappa shape index (κ3) is 6.46. The number of carbonyl (C=O) groups excluding carboxylic acids is 2. The number of amides is 1. The Hall–Kier alpha value is -3.10. The van der Waals surface area contributed by atoms with E-state index >= 15 is 0 Å². The summed E-state index contributed by atoms with van der Waals surface area (Å²) in [6.07, 6.45) is 13.5. The number of benzene rings is 1. The Balaban J connectivity index is 2.00. The summed E-state index contributed by atoms with van der Waals surface area (Å²) in [4.78, 5) is 30.0. The highest BCUT2D eigenvalue weighted by Crippen LogP contribution is 2.31. The fraction of sp³-hybridized carbons (Fsp3) is 0.240. The van der Waals surface area contributed by atoms with Gasteiger partial charge in [0.25, 0.3) is 0 Å². The predicted octanol–water partition coefficient (Wildman–Crippen LogP) is 5.13. The third-order valence-corrected chi connectivity index (χ3v) is 7.86. The molecule has 172 valence electrons. The van der Waals surface area contributed by atoms with Gasteiger partial charge >= 0.3 is 0 Å². The van der Waals surface area contributed by atoms with E-state index in [0.717, 1.165) is 11.3 Å². The van der Waals surface area contributed by atoms with Gasteiger partial charge in [-0.3, -0.25) is 9.59 Å². The van der Waals surface area contributed by atoms with E-state index in [0.29, 0.717) is 17.6 Å². The van der Waals surface area contributed by atoms with E-state index < -0.39 is 21.0 Å². The highest BCUT2D eigenvalue weighted by Gasteiger charge is 2.30. The molecule has 6 nitrogen and oxygen atoms in total. The van der Waals surface area contributed by atoms with Gasteiger partial charge in [0.1, 0.15) is 4.88 Å². The molecule has 0 saturated heterocycles. The summed E-state index contributed by atoms with van der Waals surface area (Å²) >= 11 is 0.779. The molecule has 0 saturated carbocycles. The fourth-order valence-corrected chi connectivity index (χ4v) is 5.45. The average molecular weight is 483 g/mol. The molecule has 0 radical (unpaired) electrons. The van der Waals surface area contributed by atoms with Crippen LogP contribution in [0.4, 0.5) is 5.82 Å². The summed E-state index contributed by atoms with van der Waals surface area (Å²) in [6, 6.07) is 8.50. The van der Waals surface area contributed by atoms with Crippen molar-refractivity contribution in [3.05, 3.63) is 88.9 Å². The lowest BCUT2D eigenvalue weighted by Crippen LogP contribution is -2.28. The first kappa shape index (κ1) is 24.5. The Morgan fingerprint density at radius 2 is 1.79 bits per heavy atom. The van der Waals surface area contributed by atoms with E-state index in [2.05, 4.69) is 10.3 Å². The van der Waals surface area contributed by atoms with Crippen molar-refractivity contribution in [3.8, 4) is 0 Å². The second-order valence-corrected chi connectivity index (χ2v) is 11.7. The Labute approximate surface area is 198 Å². The van der Waals surface area contributed by atoms with Crippen molar-refractivity contribution in [3.63, 3.8) is 0 Å². The fourth-order valence-electron chi connectivity index (χ4n) is 2.82. The highest BCUT2D eigenvalue weighted by atomic mass is 32.2. The molecule has 1 N–H and O–H groups in total. The quantitative estimate of drug-likeness (QED) is 0.576. The van der Waals surface area contributed by atoms with Crippen molar-refractivity contribution < 1.29 is 18.0 Å². The minimum absolute atomic E-state index is 0.0320. The average Bonchev–Trinajstić information content (AvgIpc) is 3.23. The molecule has 1 heterocycles. The number of aromatic nitrogens is 1. The van der Waals surface area contributed by atoms with Crippen LogP contribution in [0.15, 0.2) is 82.8 Å². The zero-order chi connectivity index (χ0) is 24.1. The standard InChI is InChI=1S/C25H26N2O4S2/c1-25(2,3)23(29)26-22-21(20(28)19-15-11-8-12-16-19)32-24(27-22)33(30,31)17-18-13-9-6-4-5-7-10-14-18/h4-6,8-16H,7,17H2,1-3H3,(H,26,29)/b5-4-,9-6-,14-10?,18-13+. The van der Waals surface area contributed by atoms with Gasteiger partial charge < -0.3 is 5.32 Å². The third-order valence-electron chi connectivity index (χ3n) is 4.66. The molecule has 3 rings (SSSR count). The number of thiazole rings is 1. The Kier molecular flexibility index (Phi) is 7.61. The van der Waals surface area contributed by atoms with Crippen molar-refractivity contribution >= 4 is 38.7 Å². The van der Waals surface area contributed by atoms with Gasteiger partial charge in [-0.15, -0.1) is 0 Å². The second kappa shape index (κ2) is 10.2. The van der Waals surface area contributed by atoms with Gasteiger partial charge in [-0.05, 0) is 12.0 Å². The zero-order valence-corrected chi connectivity index (χ0v) is 20.4. The van der Waals surface area contributed by atoms with E-state index in [-0.39, 0.29) is 26.7 Å². The number of carbonyl (C=O) groups is 2. The van der Waals surface area contributed by atoms with Gasteiger partial charge in [0.05, 0.1) is 5.75 Å². The number of hydrogen-bond acceptors (Lipinski definition) is 6. The maximum Gasteiger partial charge on any atom is 0.230 e. The van der Waals surface area contributed by atoms with Gasteiger partial charge in [-0.25, -0.2) is 13.4 Å². The molecule has 2 aromatic rings. The molecule has 0 unspecified atom stereocenters. The molecule has 8 heteroatoms. The van der Waals surface area contributed by atoms with Gasteiger partial charge in [0.15, 0.2) is 5.82 Å². The van der Waals surface area contributed by atoms with E-state index in [4.69, 9.17) is 0 Å². The van der Waals surface area contributed by atoms with Crippen molar-refractivity contribution in [2.24, 2.45) is 5.41 Å². The Morgan fingerprint density at radius 1 is 1.06 bits per heavy atom. The molecule has 1 aromatic carbocycles. The molecule has 0 atom stereocenters. The summed E-state index contributed by atoms with van der Waals surface area (Å²) in [5.41, 5.74) is 0.237. The first-order valence-corrected chi connectivity index (χ1v) is 12.9. The van der Waals surface area contributed by atoms with Crippen molar-refractivity contribution in [1.29, 1.82) is 0 Å². The zero-order valence-electron chi connectivity index (χ0n) is 18.7. The Bertz CT molecular complexity index is 1260. The largest absolute Gasteiger partial charge is 0.309 e. The molecule has 0 aliphatic heterocycles. The van der Waals surface area contributed by atoms with Crippen LogP contribution in [0.5, 0.6) is 0 Å². The summed E-state index contributed by atoms with van der Waals surface area (Å²) in [6.45, 7) is 5.18. The van der Waals surface area contributed by atoms with Crippen molar-refractivity contribution in [1.82, 2.24) is 4.98 Å². The number of ketones is 1. The first-order chi connectivity index (χ1) is 15.6. The summed E-state index contributed by atoms with van der Waals surface area (Å²) in [5, 5.41) is 2.65. The molecule has 1 amide bonds. The van der Waals surface area contributed by atoms with E-state index in [1.54, 1.807) is 69.3 Å². The second-order valence-electron chi connectivity index (χ2n) is 8.51. The maximum atomic E-state index is 13.2. The highest BCUT2D eigenvalue weighted by molar-refractivity contribution is 7.93. The molecule has 0 spiro atoms. The molecule has 0 fully saturated rings. The van der Waals surface area contributed by atoms with E-state index in [9.17, 15) is 18.0 Å². The van der Waals surface area contributed by atoms with E-state index in [1.807, 2.05) is 24.3 Å². The van der Waals surface area contributed by atoms with Crippen LogP contribution < -0.4 is 5.32 Å². The predicted molar refractivity (Wildman–Crippen MR) is 132 cm³/mol. The minimum Gasteiger partial charge on any atom is -0.309 e. The van der Waals surface area contributed by atoms with Crippen LogP contribution in [-0.2, 0) is 14.6 Å². The smallest absolute Gasteiger partial charge is 0.230 e. The lowest BCUT2D eigenvalue weighted by molar-refractivity contribution is -0.123. The van der Waals surface area contributed by atoms with Gasteiger partial charge in [-0.2, -0.15) is 0 Å². The van der Waals surface area contributed by atoms with Crippen LogP contribution in [0.25, 0.3) is 0 Å². The number of nitrogens with zero attached hydrogens (tertiary/aromatic N) is 1. The van der Waals surface area contributed by atoms with Gasteiger partial charge in [0.2, 0.25) is 25.9 Å². The van der Waals surface area contributed by atoms with Gasteiger partial charge in [-0.1, -0.05) is 105 Å². The summed E-state index contributed by atoms with van der Waals surface area (Å²) < 4.78 is 26.2.